The summed E-state index contributed by atoms with van der Waals surface area (Å²) in [6, 6.07) is 0. The second-order valence-corrected chi connectivity index (χ2v) is 2.75. The number of aliphatic hydroxyl groups excluding tert-OH is 1. The topological polar surface area (TPSA) is 46.5 Å². The molecule has 1 aliphatic heterocycles. The fourth-order valence-electron chi connectivity index (χ4n) is 1.09. The van der Waals surface area contributed by atoms with Crippen molar-refractivity contribution < 1.29 is 14.6 Å². The summed E-state index contributed by atoms with van der Waals surface area (Å²) in [5.74, 6) is 0. The Morgan fingerprint density at radius 1 is 1.50 bits per heavy atom. The molecule has 0 amide bonds. The van der Waals surface area contributed by atoms with Crippen LogP contribution in [0.5, 0.6) is 0 Å². The summed E-state index contributed by atoms with van der Waals surface area (Å²) in [5.41, 5.74) is -0.488. The maximum absolute atomic E-state index is 10.5. The van der Waals surface area contributed by atoms with Gasteiger partial charge in [0.05, 0.1) is 12.0 Å². The normalized spacial score (nSPS) is 24.1. The van der Waals surface area contributed by atoms with E-state index in [1.54, 1.807) is 0 Å². The van der Waals surface area contributed by atoms with Gasteiger partial charge in [-0.15, -0.1) is 0 Å². The van der Waals surface area contributed by atoms with Crippen molar-refractivity contribution in [3.63, 3.8) is 0 Å². The van der Waals surface area contributed by atoms with Crippen molar-refractivity contribution in [2.45, 2.75) is 12.8 Å². The maximum atomic E-state index is 10.5. The molecule has 0 bridgehead atoms. The minimum Gasteiger partial charge on any atom is -0.395 e. The van der Waals surface area contributed by atoms with Crippen molar-refractivity contribution in [1.82, 2.24) is 0 Å². The van der Waals surface area contributed by atoms with Gasteiger partial charge in [-0.25, -0.2) is 0 Å². The molecular weight excluding hydrogens is 132 g/mol. The number of aldehydes is 1. The zero-order valence-corrected chi connectivity index (χ0v) is 5.88. The van der Waals surface area contributed by atoms with E-state index in [-0.39, 0.29) is 6.61 Å². The summed E-state index contributed by atoms with van der Waals surface area (Å²) >= 11 is 0. The summed E-state index contributed by atoms with van der Waals surface area (Å²) in [7, 11) is 0. The largest absolute Gasteiger partial charge is 0.395 e. The minimum absolute atomic E-state index is 0.0418. The van der Waals surface area contributed by atoms with E-state index in [4.69, 9.17) is 9.84 Å². The van der Waals surface area contributed by atoms with Crippen molar-refractivity contribution in [2.75, 3.05) is 19.8 Å². The second kappa shape index (κ2) is 3.12. The van der Waals surface area contributed by atoms with E-state index >= 15 is 0 Å². The molecule has 10 heavy (non-hydrogen) atoms. The molecule has 3 nitrogen and oxygen atoms in total. The number of carbonyl (C=O) groups is 1. The van der Waals surface area contributed by atoms with Crippen molar-refractivity contribution >= 4 is 6.29 Å². The lowest BCUT2D eigenvalue weighted by molar-refractivity contribution is -0.124. The molecule has 1 aliphatic rings. The van der Waals surface area contributed by atoms with E-state index in [0.717, 1.165) is 6.29 Å². The highest BCUT2D eigenvalue weighted by Crippen LogP contribution is 2.26. The molecule has 0 aromatic rings. The van der Waals surface area contributed by atoms with Crippen LogP contribution in [0.2, 0.25) is 0 Å². The molecule has 0 saturated carbocycles. The van der Waals surface area contributed by atoms with E-state index in [2.05, 4.69) is 0 Å². The first kappa shape index (κ1) is 7.69. The molecule has 0 aromatic carbocycles. The molecular formula is C7H12O3. The lowest BCUT2D eigenvalue weighted by atomic mass is 9.83. The van der Waals surface area contributed by atoms with Crippen molar-refractivity contribution in [3.05, 3.63) is 0 Å². The van der Waals surface area contributed by atoms with Gasteiger partial charge in [-0.3, -0.25) is 0 Å². The van der Waals surface area contributed by atoms with Gasteiger partial charge in [-0.1, -0.05) is 0 Å². The zero-order valence-electron chi connectivity index (χ0n) is 5.88. The third kappa shape index (κ3) is 1.36. The predicted octanol–water partition coefficient (Wildman–Crippen LogP) is -0.0256. The molecule has 1 saturated heterocycles. The maximum Gasteiger partial charge on any atom is 0.128 e. The molecule has 0 unspecified atom stereocenters. The Morgan fingerprint density at radius 3 is 2.40 bits per heavy atom. The number of aliphatic hydroxyl groups is 1. The Bertz CT molecular complexity index is 116. The SMILES string of the molecule is O=CC1(CO)CCOCC1. The Hall–Kier alpha value is -0.410. The lowest BCUT2D eigenvalue weighted by Gasteiger charge is -2.29. The summed E-state index contributed by atoms with van der Waals surface area (Å²) in [6.07, 6.45) is 2.18. The van der Waals surface area contributed by atoms with E-state index < -0.39 is 5.41 Å². The number of hydrogen-bond acceptors (Lipinski definition) is 3. The molecule has 1 fully saturated rings. The van der Waals surface area contributed by atoms with E-state index in [0.29, 0.717) is 26.1 Å². The Labute approximate surface area is 60.0 Å². The van der Waals surface area contributed by atoms with Crippen LogP contribution in [0, 0.1) is 5.41 Å². The van der Waals surface area contributed by atoms with Crippen LogP contribution in [0.1, 0.15) is 12.8 Å². The molecule has 1 heterocycles. The third-order valence-corrected chi connectivity index (χ3v) is 2.05. The number of rotatable bonds is 2. The van der Waals surface area contributed by atoms with Crippen LogP contribution in [0.4, 0.5) is 0 Å². The summed E-state index contributed by atoms with van der Waals surface area (Å²) < 4.78 is 5.06. The highest BCUT2D eigenvalue weighted by molar-refractivity contribution is 5.59. The lowest BCUT2D eigenvalue weighted by Crippen LogP contribution is -2.34. The number of carbonyl (C=O) groups excluding carboxylic acids is 1. The van der Waals surface area contributed by atoms with E-state index in [9.17, 15) is 4.79 Å². The Kier molecular flexibility index (Phi) is 2.40. The monoisotopic (exact) mass is 144 g/mol. The van der Waals surface area contributed by atoms with E-state index in [1.807, 2.05) is 0 Å². The molecule has 1 rings (SSSR count). The van der Waals surface area contributed by atoms with Crippen molar-refractivity contribution in [3.8, 4) is 0 Å². The predicted molar refractivity (Wildman–Crippen MR) is 35.6 cm³/mol. The van der Waals surface area contributed by atoms with Crippen LogP contribution in [0.25, 0.3) is 0 Å². The average Bonchev–Trinajstić information content (AvgIpc) is 2.06. The summed E-state index contributed by atoms with van der Waals surface area (Å²) in [5, 5.41) is 8.85. The van der Waals surface area contributed by atoms with Gasteiger partial charge in [0.15, 0.2) is 0 Å². The van der Waals surface area contributed by atoms with Gasteiger partial charge >= 0.3 is 0 Å². The minimum atomic E-state index is -0.488. The van der Waals surface area contributed by atoms with Gasteiger partial charge in [0.25, 0.3) is 0 Å². The molecule has 0 aromatic heterocycles. The second-order valence-electron chi connectivity index (χ2n) is 2.75. The first-order valence-electron chi connectivity index (χ1n) is 3.48. The van der Waals surface area contributed by atoms with Crippen LogP contribution in [0.15, 0.2) is 0 Å². The first-order chi connectivity index (χ1) is 4.83. The van der Waals surface area contributed by atoms with Gasteiger partial charge in [-0.2, -0.15) is 0 Å². The fourth-order valence-corrected chi connectivity index (χ4v) is 1.09. The highest BCUT2D eigenvalue weighted by Gasteiger charge is 2.31. The van der Waals surface area contributed by atoms with Crippen LogP contribution in [-0.2, 0) is 9.53 Å². The zero-order chi connectivity index (χ0) is 7.45. The van der Waals surface area contributed by atoms with Crippen LogP contribution in [0.3, 0.4) is 0 Å². The van der Waals surface area contributed by atoms with E-state index in [1.165, 1.54) is 0 Å². The van der Waals surface area contributed by atoms with Gasteiger partial charge in [-0.05, 0) is 12.8 Å². The third-order valence-electron chi connectivity index (χ3n) is 2.05. The number of hydrogen-bond donors (Lipinski definition) is 1. The molecule has 3 heteroatoms. The van der Waals surface area contributed by atoms with Crippen LogP contribution < -0.4 is 0 Å². The summed E-state index contributed by atoms with van der Waals surface area (Å²) in [4.78, 5) is 10.5. The average molecular weight is 144 g/mol. The smallest absolute Gasteiger partial charge is 0.128 e. The first-order valence-corrected chi connectivity index (χ1v) is 3.48. The van der Waals surface area contributed by atoms with Crippen LogP contribution in [-0.4, -0.2) is 31.2 Å². The quantitative estimate of drug-likeness (QED) is 0.554. The highest BCUT2D eigenvalue weighted by atomic mass is 16.5. The van der Waals surface area contributed by atoms with Crippen molar-refractivity contribution in [1.29, 1.82) is 0 Å². The van der Waals surface area contributed by atoms with Gasteiger partial charge in [0.2, 0.25) is 0 Å². The molecule has 58 valence electrons. The fraction of sp³-hybridized carbons (Fsp3) is 0.857. The Morgan fingerprint density at radius 2 is 2.10 bits per heavy atom. The van der Waals surface area contributed by atoms with Gasteiger partial charge in [0.1, 0.15) is 6.29 Å². The summed E-state index contributed by atoms with van der Waals surface area (Å²) in [6.45, 7) is 1.15. The number of ether oxygens (including phenoxy) is 1. The van der Waals surface area contributed by atoms with Crippen LogP contribution >= 0.6 is 0 Å². The van der Waals surface area contributed by atoms with Gasteiger partial charge < -0.3 is 14.6 Å². The van der Waals surface area contributed by atoms with Gasteiger partial charge in [0, 0.05) is 13.2 Å². The molecule has 0 radical (unpaired) electrons. The Balaban J connectivity index is 2.52. The molecule has 0 aliphatic carbocycles. The standard InChI is InChI=1S/C7H12O3/c8-5-7(6-9)1-3-10-4-2-7/h5,9H,1-4,6H2. The molecule has 0 atom stereocenters. The van der Waals surface area contributed by atoms with Crippen molar-refractivity contribution in [2.24, 2.45) is 5.41 Å². The molecule has 0 spiro atoms. The molecule has 1 N–H and O–H groups in total.